The molecule has 27 heavy (non-hydrogen) atoms. The van der Waals surface area contributed by atoms with E-state index in [0.717, 1.165) is 0 Å². The van der Waals surface area contributed by atoms with Crippen molar-refractivity contribution < 1.29 is 18.7 Å². The van der Waals surface area contributed by atoms with E-state index in [1.54, 1.807) is 41.3 Å². The van der Waals surface area contributed by atoms with Crippen molar-refractivity contribution in [1.82, 2.24) is 14.8 Å². The van der Waals surface area contributed by atoms with Gasteiger partial charge in [-0.15, -0.1) is 0 Å². The Morgan fingerprint density at radius 3 is 2.85 bits per heavy atom. The van der Waals surface area contributed by atoms with Crippen molar-refractivity contribution >= 4 is 23.2 Å². The first kappa shape index (κ1) is 18.2. The summed E-state index contributed by atoms with van der Waals surface area (Å²) in [6.45, 7) is 0.612. The Kier molecular flexibility index (Phi) is 5.83. The van der Waals surface area contributed by atoms with Crippen molar-refractivity contribution in [1.29, 1.82) is 0 Å². The van der Waals surface area contributed by atoms with Gasteiger partial charge >= 0.3 is 0 Å². The summed E-state index contributed by atoms with van der Waals surface area (Å²) in [6.07, 6.45) is 5.45. The molecule has 9 heteroatoms. The lowest BCUT2D eigenvalue weighted by Crippen LogP contribution is -2.14. The number of amides is 2. The molecule has 0 unspecified atom stereocenters. The summed E-state index contributed by atoms with van der Waals surface area (Å²) in [6, 6.07) is 8.19. The Morgan fingerprint density at radius 2 is 2.15 bits per heavy atom. The summed E-state index contributed by atoms with van der Waals surface area (Å²) in [5, 5.41) is 9.51. The van der Waals surface area contributed by atoms with Gasteiger partial charge in [-0.05, 0) is 36.8 Å². The zero-order valence-electron chi connectivity index (χ0n) is 14.7. The second-order valence-electron chi connectivity index (χ2n) is 5.66. The first-order valence-corrected chi connectivity index (χ1v) is 8.31. The Hall–Kier alpha value is -3.62. The Balaban J connectivity index is 1.60. The number of ether oxygens (including phenoxy) is 1. The van der Waals surface area contributed by atoms with Gasteiger partial charge in [-0.2, -0.15) is 5.10 Å². The average molecular weight is 369 g/mol. The number of methoxy groups -OCH3 is 1. The molecule has 2 N–H and O–H groups in total. The van der Waals surface area contributed by atoms with Crippen LogP contribution in [0.5, 0.6) is 5.75 Å². The number of aryl methyl sites for hydroxylation is 1. The largest absolute Gasteiger partial charge is 0.495 e. The number of nitrogens with zero attached hydrogens (tertiary/aromatic N) is 3. The molecule has 9 nitrogen and oxygen atoms in total. The van der Waals surface area contributed by atoms with Crippen molar-refractivity contribution in [3.63, 3.8) is 0 Å². The summed E-state index contributed by atoms with van der Waals surface area (Å²) in [5.74, 6) is 0.108. The third-order valence-corrected chi connectivity index (χ3v) is 3.73. The zero-order chi connectivity index (χ0) is 19.1. The van der Waals surface area contributed by atoms with Gasteiger partial charge in [-0.3, -0.25) is 14.3 Å². The van der Waals surface area contributed by atoms with E-state index >= 15 is 0 Å². The number of rotatable bonds is 8. The van der Waals surface area contributed by atoms with Gasteiger partial charge in [0.05, 0.1) is 19.1 Å². The number of carbonyl (C=O) groups excluding carboxylic acids is 2. The highest BCUT2D eigenvalue weighted by molar-refractivity contribution is 6.03. The van der Waals surface area contributed by atoms with Gasteiger partial charge in [0.2, 0.25) is 5.91 Å². The molecule has 2 amide bonds. The lowest BCUT2D eigenvalue weighted by Gasteiger charge is -2.12. The van der Waals surface area contributed by atoms with Crippen LogP contribution < -0.4 is 15.4 Å². The van der Waals surface area contributed by atoms with Crippen LogP contribution in [-0.2, 0) is 11.3 Å². The Bertz CT molecular complexity index is 891. The molecular weight excluding hydrogens is 350 g/mol. The van der Waals surface area contributed by atoms with E-state index in [0.29, 0.717) is 36.5 Å². The summed E-state index contributed by atoms with van der Waals surface area (Å²) in [7, 11) is 1.50. The van der Waals surface area contributed by atoms with Crippen LogP contribution in [0.1, 0.15) is 23.4 Å². The molecule has 1 aromatic carbocycles. The van der Waals surface area contributed by atoms with E-state index in [-0.39, 0.29) is 11.7 Å². The Labute approximate surface area is 155 Å². The van der Waals surface area contributed by atoms with E-state index < -0.39 is 5.91 Å². The highest BCUT2D eigenvalue weighted by Crippen LogP contribution is 2.28. The van der Waals surface area contributed by atoms with Crippen LogP contribution in [-0.4, -0.2) is 33.7 Å². The zero-order valence-corrected chi connectivity index (χ0v) is 14.7. The maximum absolute atomic E-state index is 12.2. The van der Waals surface area contributed by atoms with Crippen LogP contribution >= 0.6 is 0 Å². The van der Waals surface area contributed by atoms with Crippen LogP contribution in [0, 0.1) is 0 Å². The van der Waals surface area contributed by atoms with Crippen molar-refractivity contribution in [2.45, 2.75) is 19.4 Å². The molecule has 2 aromatic heterocycles. The minimum atomic E-state index is -0.408. The fourth-order valence-corrected chi connectivity index (χ4v) is 2.45. The lowest BCUT2D eigenvalue weighted by atomic mass is 10.2. The topological polar surface area (TPSA) is 111 Å². The number of benzene rings is 1. The van der Waals surface area contributed by atoms with Gasteiger partial charge in [-0.25, -0.2) is 4.98 Å². The molecule has 0 aliphatic carbocycles. The third-order valence-electron chi connectivity index (χ3n) is 3.73. The quantitative estimate of drug-likeness (QED) is 0.631. The van der Waals surface area contributed by atoms with Crippen molar-refractivity contribution in [3.05, 3.63) is 55.0 Å². The molecule has 0 saturated heterocycles. The average Bonchev–Trinajstić information content (AvgIpc) is 3.36. The molecule has 0 saturated carbocycles. The van der Waals surface area contributed by atoms with Crippen LogP contribution in [0.4, 0.5) is 11.4 Å². The standard InChI is InChI=1S/C18H19N5O4/c1-26-15-7-6-13(10-14(15)22-18(25)16-4-3-9-27-16)21-17(24)5-2-8-23-12-19-11-20-23/h3-4,6-7,9-12H,2,5,8H2,1H3,(H,21,24)(H,22,25). The normalized spacial score (nSPS) is 10.4. The van der Waals surface area contributed by atoms with Gasteiger partial charge in [0.15, 0.2) is 5.76 Å². The second kappa shape index (κ2) is 8.65. The molecule has 0 fully saturated rings. The number of anilines is 2. The number of aromatic nitrogens is 3. The molecule has 0 atom stereocenters. The van der Waals surface area contributed by atoms with E-state index in [4.69, 9.17) is 9.15 Å². The molecular formula is C18H19N5O4. The third kappa shape index (κ3) is 4.94. The molecule has 3 rings (SSSR count). The van der Waals surface area contributed by atoms with Crippen LogP contribution in [0.2, 0.25) is 0 Å². The summed E-state index contributed by atoms with van der Waals surface area (Å²) < 4.78 is 12.0. The van der Waals surface area contributed by atoms with E-state index in [2.05, 4.69) is 20.7 Å². The highest BCUT2D eigenvalue weighted by atomic mass is 16.5. The molecule has 2 heterocycles. The number of hydrogen-bond acceptors (Lipinski definition) is 6. The lowest BCUT2D eigenvalue weighted by molar-refractivity contribution is -0.116. The summed E-state index contributed by atoms with van der Waals surface area (Å²) >= 11 is 0. The summed E-state index contributed by atoms with van der Waals surface area (Å²) in [4.78, 5) is 28.1. The SMILES string of the molecule is COc1ccc(NC(=O)CCCn2cncn2)cc1NC(=O)c1ccco1. The molecule has 140 valence electrons. The summed E-state index contributed by atoms with van der Waals surface area (Å²) in [5.41, 5.74) is 0.982. The van der Waals surface area contributed by atoms with Crippen LogP contribution in [0.15, 0.2) is 53.7 Å². The van der Waals surface area contributed by atoms with E-state index in [9.17, 15) is 9.59 Å². The molecule has 0 aliphatic heterocycles. The van der Waals surface area contributed by atoms with Crippen molar-refractivity contribution in [2.75, 3.05) is 17.7 Å². The minimum Gasteiger partial charge on any atom is -0.495 e. The fourth-order valence-electron chi connectivity index (χ4n) is 2.45. The Morgan fingerprint density at radius 1 is 1.26 bits per heavy atom. The van der Waals surface area contributed by atoms with Crippen LogP contribution in [0.25, 0.3) is 0 Å². The predicted octanol–water partition coefficient (Wildman–Crippen LogP) is 2.55. The van der Waals surface area contributed by atoms with E-state index in [1.807, 2.05) is 0 Å². The molecule has 0 bridgehead atoms. The number of carbonyl (C=O) groups is 2. The second-order valence-corrected chi connectivity index (χ2v) is 5.66. The predicted molar refractivity (Wildman–Crippen MR) is 97.5 cm³/mol. The van der Waals surface area contributed by atoms with Gasteiger partial charge < -0.3 is 19.8 Å². The van der Waals surface area contributed by atoms with Crippen molar-refractivity contribution in [2.24, 2.45) is 0 Å². The van der Waals surface area contributed by atoms with Gasteiger partial charge in [0.1, 0.15) is 18.4 Å². The first-order valence-electron chi connectivity index (χ1n) is 8.31. The maximum Gasteiger partial charge on any atom is 0.291 e. The monoisotopic (exact) mass is 369 g/mol. The van der Waals surface area contributed by atoms with E-state index in [1.165, 1.54) is 19.7 Å². The number of nitrogens with one attached hydrogen (secondary N) is 2. The van der Waals surface area contributed by atoms with Gasteiger partial charge in [0, 0.05) is 18.7 Å². The minimum absolute atomic E-state index is 0.136. The van der Waals surface area contributed by atoms with Gasteiger partial charge in [-0.1, -0.05) is 0 Å². The maximum atomic E-state index is 12.2. The fraction of sp³-hybridized carbons (Fsp3) is 0.222. The molecule has 0 radical (unpaired) electrons. The van der Waals surface area contributed by atoms with Gasteiger partial charge in [0.25, 0.3) is 5.91 Å². The van der Waals surface area contributed by atoms with Crippen LogP contribution in [0.3, 0.4) is 0 Å². The van der Waals surface area contributed by atoms with Crippen molar-refractivity contribution in [3.8, 4) is 5.75 Å². The first-order chi connectivity index (χ1) is 13.2. The molecule has 0 aliphatic rings. The number of furan rings is 1. The number of hydrogen-bond donors (Lipinski definition) is 2. The molecule has 0 spiro atoms. The smallest absolute Gasteiger partial charge is 0.291 e. The highest BCUT2D eigenvalue weighted by Gasteiger charge is 2.13. The molecule has 3 aromatic rings.